The zero-order valence-corrected chi connectivity index (χ0v) is 12.9. The number of halogens is 1. The van der Waals surface area contributed by atoms with E-state index in [0.717, 1.165) is 61.9 Å². The van der Waals surface area contributed by atoms with Crippen LogP contribution in [-0.2, 0) is 24.6 Å². The van der Waals surface area contributed by atoms with E-state index < -0.39 is 0 Å². The maximum Gasteiger partial charge on any atom is 0.0849 e. The number of aryl methyl sites for hydroxylation is 2. The quantitative estimate of drug-likeness (QED) is 0.901. The first kappa shape index (κ1) is 14.8. The summed E-state index contributed by atoms with van der Waals surface area (Å²) >= 11 is 6.48. The van der Waals surface area contributed by atoms with E-state index in [2.05, 4.69) is 17.3 Å². The molecule has 108 valence electrons. The number of nitrogens with one attached hydrogen (secondary N) is 1. The topological polar surface area (TPSA) is 39.1 Å². The molecule has 1 aromatic rings. The van der Waals surface area contributed by atoms with Crippen LogP contribution in [0.25, 0.3) is 0 Å². The van der Waals surface area contributed by atoms with Crippen molar-refractivity contribution in [1.82, 2.24) is 15.1 Å². The molecule has 1 aliphatic rings. The number of nitrogens with zero attached hydrogens (tertiary/aromatic N) is 2. The Morgan fingerprint density at radius 2 is 2.11 bits per heavy atom. The Kier molecular flexibility index (Phi) is 4.87. The molecule has 4 nitrogen and oxygen atoms in total. The van der Waals surface area contributed by atoms with Crippen LogP contribution in [-0.4, -0.2) is 36.6 Å². The SMILES string of the molecule is CCc1nn(C)c(CC2(CNC)CCOCC2)c1Cl. The van der Waals surface area contributed by atoms with Crippen molar-refractivity contribution in [1.29, 1.82) is 0 Å². The van der Waals surface area contributed by atoms with Crippen LogP contribution < -0.4 is 5.32 Å². The maximum atomic E-state index is 6.48. The molecule has 0 saturated carbocycles. The summed E-state index contributed by atoms with van der Waals surface area (Å²) in [6.45, 7) is 4.78. The van der Waals surface area contributed by atoms with Crippen LogP contribution >= 0.6 is 11.6 Å². The van der Waals surface area contributed by atoms with E-state index >= 15 is 0 Å². The molecule has 0 amide bonds. The summed E-state index contributed by atoms with van der Waals surface area (Å²) < 4.78 is 7.46. The average Bonchev–Trinajstić information content (AvgIpc) is 2.67. The van der Waals surface area contributed by atoms with Gasteiger partial charge in [0.2, 0.25) is 0 Å². The van der Waals surface area contributed by atoms with Gasteiger partial charge in [0.1, 0.15) is 0 Å². The highest BCUT2D eigenvalue weighted by Crippen LogP contribution is 2.36. The lowest BCUT2D eigenvalue weighted by Gasteiger charge is -2.37. The van der Waals surface area contributed by atoms with E-state index in [9.17, 15) is 0 Å². The average molecular weight is 286 g/mol. The zero-order valence-electron chi connectivity index (χ0n) is 12.1. The van der Waals surface area contributed by atoms with Gasteiger partial charge in [-0.05, 0) is 38.1 Å². The van der Waals surface area contributed by atoms with Gasteiger partial charge in [-0.1, -0.05) is 18.5 Å². The highest BCUT2D eigenvalue weighted by Gasteiger charge is 2.34. The smallest absolute Gasteiger partial charge is 0.0849 e. The molecule has 2 rings (SSSR count). The normalized spacial score (nSPS) is 18.7. The molecule has 0 aromatic carbocycles. The molecule has 0 bridgehead atoms. The second-order valence-corrected chi connectivity index (χ2v) is 5.88. The molecular weight excluding hydrogens is 262 g/mol. The van der Waals surface area contributed by atoms with E-state index in [4.69, 9.17) is 16.3 Å². The third-order valence-electron chi connectivity index (χ3n) is 4.15. The summed E-state index contributed by atoms with van der Waals surface area (Å²) in [5.74, 6) is 0. The first-order valence-corrected chi connectivity index (χ1v) is 7.42. The van der Waals surface area contributed by atoms with Gasteiger partial charge in [0.15, 0.2) is 0 Å². The van der Waals surface area contributed by atoms with E-state index in [0.29, 0.717) is 0 Å². The standard InChI is InChI=1S/C14H24ClN3O/c1-4-11-13(15)12(18(3)17-11)9-14(10-16-2)5-7-19-8-6-14/h16H,4-10H2,1-3H3. The zero-order chi connectivity index (χ0) is 13.9. The molecule has 1 aliphatic heterocycles. The van der Waals surface area contributed by atoms with Crippen molar-refractivity contribution >= 4 is 11.6 Å². The minimum atomic E-state index is 0.245. The second kappa shape index (κ2) is 6.25. The van der Waals surface area contributed by atoms with Crippen molar-refractivity contribution in [2.75, 3.05) is 26.8 Å². The van der Waals surface area contributed by atoms with Gasteiger partial charge in [-0.25, -0.2) is 0 Å². The lowest BCUT2D eigenvalue weighted by Crippen LogP contribution is -2.40. The molecule has 19 heavy (non-hydrogen) atoms. The molecule has 0 aliphatic carbocycles. The van der Waals surface area contributed by atoms with Gasteiger partial charge in [-0.15, -0.1) is 0 Å². The van der Waals surface area contributed by atoms with Crippen LogP contribution in [0, 0.1) is 5.41 Å². The van der Waals surface area contributed by atoms with Gasteiger partial charge in [-0.2, -0.15) is 5.10 Å². The minimum Gasteiger partial charge on any atom is -0.381 e. The van der Waals surface area contributed by atoms with Gasteiger partial charge in [0.05, 0.1) is 16.4 Å². The monoisotopic (exact) mass is 285 g/mol. The van der Waals surface area contributed by atoms with Crippen LogP contribution in [0.4, 0.5) is 0 Å². The largest absolute Gasteiger partial charge is 0.381 e. The van der Waals surface area contributed by atoms with Crippen molar-refractivity contribution in [2.24, 2.45) is 12.5 Å². The molecule has 5 heteroatoms. The number of aromatic nitrogens is 2. The van der Waals surface area contributed by atoms with Gasteiger partial charge in [0, 0.05) is 26.8 Å². The van der Waals surface area contributed by atoms with Crippen LogP contribution in [0.2, 0.25) is 5.02 Å². The van der Waals surface area contributed by atoms with Crippen molar-refractivity contribution in [3.63, 3.8) is 0 Å². The summed E-state index contributed by atoms with van der Waals surface area (Å²) in [6, 6.07) is 0. The summed E-state index contributed by atoms with van der Waals surface area (Å²) in [6.07, 6.45) is 4.02. The summed E-state index contributed by atoms with van der Waals surface area (Å²) in [5, 5.41) is 8.70. The van der Waals surface area contributed by atoms with E-state index in [-0.39, 0.29) is 5.41 Å². The number of hydrogen-bond donors (Lipinski definition) is 1. The lowest BCUT2D eigenvalue weighted by atomic mass is 9.76. The molecule has 1 fully saturated rings. The van der Waals surface area contributed by atoms with E-state index in [1.165, 1.54) is 0 Å². The Labute approximate surface area is 120 Å². The number of rotatable bonds is 5. The van der Waals surface area contributed by atoms with Crippen molar-refractivity contribution < 1.29 is 4.74 Å². The van der Waals surface area contributed by atoms with Crippen molar-refractivity contribution in [3.8, 4) is 0 Å². The predicted octanol–water partition coefficient (Wildman–Crippen LogP) is 2.19. The first-order valence-electron chi connectivity index (χ1n) is 7.04. The van der Waals surface area contributed by atoms with Gasteiger partial charge >= 0.3 is 0 Å². The Hall–Kier alpha value is -0.580. The summed E-state index contributed by atoms with van der Waals surface area (Å²) in [4.78, 5) is 0. The van der Waals surface area contributed by atoms with Gasteiger partial charge in [-0.3, -0.25) is 4.68 Å². The highest BCUT2D eigenvalue weighted by atomic mass is 35.5. The molecule has 0 spiro atoms. The molecule has 2 heterocycles. The molecular formula is C14H24ClN3O. The second-order valence-electron chi connectivity index (χ2n) is 5.50. The van der Waals surface area contributed by atoms with Crippen LogP contribution in [0.15, 0.2) is 0 Å². The Morgan fingerprint density at radius 1 is 1.42 bits per heavy atom. The Morgan fingerprint density at radius 3 is 2.63 bits per heavy atom. The molecule has 1 N–H and O–H groups in total. The maximum absolute atomic E-state index is 6.48. The van der Waals surface area contributed by atoms with E-state index in [1.54, 1.807) is 0 Å². The number of ether oxygens (including phenoxy) is 1. The molecule has 0 radical (unpaired) electrons. The molecule has 1 aromatic heterocycles. The molecule has 0 atom stereocenters. The highest BCUT2D eigenvalue weighted by molar-refractivity contribution is 6.31. The van der Waals surface area contributed by atoms with Crippen LogP contribution in [0.3, 0.4) is 0 Å². The van der Waals surface area contributed by atoms with Crippen LogP contribution in [0.1, 0.15) is 31.2 Å². The fourth-order valence-electron chi connectivity index (χ4n) is 2.96. The third kappa shape index (κ3) is 3.12. The fourth-order valence-corrected chi connectivity index (χ4v) is 3.32. The fraction of sp³-hybridized carbons (Fsp3) is 0.786. The van der Waals surface area contributed by atoms with Crippen molar-refractivity contribution in [2.45, 2.75) is 32.6 Å². The van der Waals surface area contributed by atoms with Gasteiger partial charge in [0.25, 0.3) is 0 Å². The Balaban J connectivity index is 2.23. The molecule has 0 unspecified atom stereocenters. The van der Waals surface area contributed by atoms with E-state index in [1.807, 2.05) is 18.8 Å². The van der Waals surface area contributed by atoms with Crippen LogP contribution in [0.5, 0.6) is 0 Å². The summed E-state index contributed by atoms with van der Waals surface area (Å²) in [7, 11) is 4.01. The Bertz CT molecular complexity index is 419. The lowest BCUT2D eigenvalue weighted by molar-refractivity contribution is 0.0150. The number of hydrogen-bond acceptors (Lipinski definition) is 3. The molecule has 1 saturated heterocycles. The van der Waals surface area contributed by atoms with Crippen molar-refractivity contribution in [3.05, 3.63) is 16.4 Å². The predicted molar refractivity (Wildman–Crippen MR) is 77.7 cm³/mol. The van der Waals surface area contributed by atoms with Gasteiger partial charge < -0.3 is 10.1 Å². The first-order chi connectivity index (χ1) is 9.12. The minimum absolute atomic E-state index is 0.245. The summed E-state index contributed by atoms with van der Waals surface area (Å²) in [5.41, 5.74) is 2.41. The third-order valence-corrected chi connectivity index (χ3v) is 4.59.